The molecule has 1 aromatic rings. The van der Waals surface area contributed by atoms with E-state index in [4.69, 9.17) is 9.84 Å². The Balaban J connectivity index is 2.89. The van der Waals surface area contributed by atoms with Gasteiger partial charge in [-0.05, 0) is 36.6 Å². The van der Waals surface area contributed by atoms with Crippen LogP contribution in [-0.4, -0.2) is 35.4 Å². The predicted molar refractivity (Wildman–Crippen MR) is 81.6 cm³/mol. The first kappa shape index (κ1) is 17.5. The Hall–Kier alpha value is -1.59. The van der Waals surface area contributed by atoms with Crippen molar-refractivity contribution in [3.05, 3.63) is 29.3 Å². The number of aryl methyl sites for hydroxylation is 1. The summed E-state index contributed by atoms with van der Waals surface area (Å²) in [5.74, 6) is -0.0893. The third-order valence-corrected chi connectivity index (χ3v) is 3.36. The molecule has 0 saturated heterocycles. The molecule has 2 atom stereocenters. The summed E-state index contributed by atoms with van der Waals surface area (Å²) in [6.45, 7) is 5.86. The van der Waals surface area contributed by atoms with Crippen LogP contribution in [0.1, 0.15) is 43.9 Å². The molecule has 0 heterocycles. The van der Waals surface area contributed by atoms with Gasteiger partial charge in [0.1, 0.15) is 5.75 Å². The second-order valence-corrected chi connectivity index (χ2v) is 5.53. The van der Waals surface area contributed by atoms with Crippen LogP contribution in [0.2, 0.25) is 0 Å². The molecule has 0 aliphatic rings. The monoisotopic (exact) mass is 295 g/mol. The highest BCUT2D eigenvalue weighted by Crippen LogP contribution is 2.26. The number of aliphatic hydroxyl groups is 1. The van der Waals surface area contributed by atoms with Gasteiger partial charge in [0.25, 0.3) is 0 Å². The first-order valence-corrected chi connectivity index (χ1v) is 7.15. The van der Waals surface area contributed by atoms with Crippen LogP contribution >= 0.6 is 0 Å². The van der Waals surface area contributed by atoms with Gasteiger partial charge in [0.2, 0.25) is 0 Å². The summed E-state index contributed by atoms with van der Waals surface area (Å²) in [7, 11) is 1.61. The maximum Gasteiger partial charge on any atom is 0.303 e. The minimum atomic E-state index is -0.858. The zero-order valence-corrected chi connectivity index (χ0v) is 13.1. The number of benzene rings is 1. The van der Waals surface area contributed by atoms with Gasteiger partial charge in [0.05, 0.1) is 13.2 Å². The second kappa shape index (κ2) is 8.00. The SMILES string of the molecule is COc1ccc(C(O)C(CCC(=O)O)NC(C)C)cc1C. The van der Waals surface area contributed by atoms with E-state index in [1.807, 2.05) is 39.0 Å². The van der Waals surface area contributed by atoms with E-state index in [0.717, 1.165) is 16.9 Å². The maximum absolute atomic E-state index is 10.8. The van der Waals surface area contributed by atoms with Crippen LogP contribution in [0.5, 0.6) is 5.75 Å². The summed E-state index contributed by atoms with van der Waals surface area (Å²) in [5, 5.41) is 22.6. The molecule has 0 fully saturated rings. The Labute approximate surface area is 125 Å². The molecular formula is C16H25NO4. The van der Waals surface area contributed by atoms with Crippen molar-refractivity contribution in [2.24, 2.45) is 0 Å². The van der Waals surface area contributed by atoms with Crippen LogP contribution in [-0.2, 0) is 4.79 Å². The van der Waals surface area contributed by atoms with Crippen LogP contribution < -0.4 is 10.1 Å². The molecule has 118 valence electrons. The van der Waals surface area contributed by atoms with Gasteiger partial charge >= 0.3 is 5.97 Å². The van der Waals surface area contributed by atoms with E-state index in [1.165, 1.54) is 0 Å². The summed E-state index contributed by atoms with van der Waals surface area (Å²) >= 11 is 0. The van der Waals surface area contributed by atoms with E-state index < -0.39 is 12.1 Å². The van der Waals surface area contributed by atoms with E-state index in [1.54, 1.807) is 7.11 Å². The van der Waals surface area contributed by atoms with E-state index >= 15 is 0 Å². The molecule has 0 amide bonds. The van der Waals surface area contributed by atoms with Crippen LogP contribution in [0.25, 0.3) is 0 Å². The second-order valence-electron chi connectivity index (χ2n) is 5.53. The molecule has 0 bridgehead atoms. The topological polar surface area (TPSA) is 78.8 Å². The Kier molecular flexibility index (Phi) is 6.65. The minimum absolute atomic E-state index is 0.0244. The minimum Gasteiger partial charge on any atom is -0.496 e. The Bertz CT molecular complexity index is 473. The molecule has 1 rings (SSSR count). The van der Waals surface area contributed by atoms with Gasteiger partial charge < -0.3 is 20.3 Å². The molecule has 5 nitrogen and oxygen atoms in total. The zero-order valence-electron chi connectivity index (χ0n) is 13.1. The van der Waals surface area contributed by atoms with Crippen LogP contribution in [0, 0.1) is 6.92 Å². The lowest BCUT2D eigenvalue weighted by Gasteiger charge is -2.26. The number of methoxy groups -OCH3 is 1. The molecule has 0 aliphatic heterocycles. The lowest BCUT2D eigenvalue weighted by molar-refractivity contribution is -0.137. The van der Waals surface area contributed by atoms with Crippen LogP contribution in [0.3, 0.4) is 0 Å². The quantitative estimate of drug-likeness (QED) is 0.685. The van der Waals surface area contributed by atoms with Gasteiger partial charge in [0, 0.05) is 18.5 Å². The van der Waals surface area contributed by atoms with Crippen molar-refractivity contribution >= 4 is 5.97 Å². The number of ether oxygens (including phenoxy) is 1. The number of hydrogen-bond donors (Lipinski definition) is 3. The molecule has 5 heteroatoms. The highest BCUT2D eigenvalue weighted by atomic mass is 16.5. The van der Waals surface area contributed by atoms with E-state index in [2.05, 4.69) is 5.32 Å². The lowest BCUT2D eigenvalue weighted by atomic mass is 9.96. The molecule has 1 aromatic carbocycles. The summed E-state index contributed by atoms with van der Waals surface area (Å²) in [6.07, 6.45) is -0.354. The van der Waals surface area contributed by atoms with Crippen LogP contribution in [0.4, 0.5) is 0 Å². The summed E-state index contributed by atoms with van der Waals surface area (Å²) in [5.41, 5.74) is 1.70. The third kappa shape index (κ3) is 5.36. The smallest absolute Gasteiger partial charge is 0.303 e. The molecule has 3 N–H and O–H groups in total. The van der Waals surface area contributed by atoms with Gasteiger partial charge in [0.15, 0.2) is 0 Å². The highest BCUT2D eigenvalue weighted by molar-refractivity contribution is 5.66. The van der Waals surface area contributed by atoms with Crippen LogP contribution in [0.15, 0.2) is 18.2 Å². The fourth-order valence-corrected chi connectivity index (χ4v) is 2.36. The number of nitrogens with one attached hydrogen (secondary N) is 1. The molecule has 0 spiro atoms. The number of aliphatic carboxylic acids is 1. The maximum atomic E-state index is 10.8. The summed E-state index contributed by atoms with van der Waals surface area (Å²) < 4.78 is 5.21. The van der Waals surface area contributed by atoms with Gasteiger partial charge in [-0.1, -0.05) is 19.9 Å². The zero-order chi connectivity index (χ0) is 16.0. The van der Waals surface area contributed by atoms with Crippen molar-refractivity contribution in [3.8, 4) is 5.75 Å². The first-order valence-electron chi connectivity index (χ1n) is 7.15. The van der Waals surface area contributed by atoms with Gasteiger partial charge in [-0.2, -0.15) is 0 Å². The number of carbonyl (C=O) groups is 1. The largest absolute Gasteiger partial charge is 0.496 e. The van der Waals surface area contributed by atoms with Crippen molar-refractivity contribution in [1.29, 1.82) is 0 Å². The first-order chi connectivity index (χ1) is 9.85. The Morgan fingerprint density at radius 3 is 2.52 bits per heavy atom. The van der Waals surface area contributed by atoms with E-state index in [-0.39, 0.29) is 18.5 Å². The molecule has 21 heavy (non-hydrogen) atoms. The van der Waals surface area contributed by atoms with Crippen molar-refractivity contribution in [3.63, 3.8) is 0 Å². The predicted octanol–water partition coefficient (Wildman–Crippen LogP) is 2.27. The van der Waals surface area contributed by atoms with Gasteiger partial charge in [-0.25, -0.2) is 0 Å². The number of carboxylic acids is 1. The molecule has 0 saturated carbocycles. The molecular weight excluding hydrogens is 270 g/mol. The van der Waals surface area contributed by atoms with Crippen molar-refractivity contribution in [1.82, 2.24) is 5.32 Å². The standard InChI is InChI=1S/C16H25NO4/c1-10(2)17-13(6-8-15(18)19)16(20)12-5-7-14(21-4)11(3)9-12/h5,7,9-10,13,16-17,20H,6,8H2,1-4H3,(H,18,19). The third-order valence-electron chi connectivity index (χ3n) is 3.36. The fourth-order valence-electron chi connectivity index (χ4n) is 2.36. The Morgan fingerprint density at radius 2 is 2.05 bits per heavy atom. The van der Waals surface area contributed by atoms with Crippen molar-refractivity contribution < 1.29 is 19.7 Å². The van der Waals surface area contributed by atoms with Crippen molar-refractivity contribution in [2.45, 2.75) is 51.8 Å². The van der Waals surface area contributed by atoms with Gasteiger partial charge in [-0.3, -0.25) is 4.79 Å². The Morgan fingerprint density at radius 1 is 1.38 bits per heavy atom. The molecule has 0 aliphatic carbocycles. The van der Waals surface area contributed by atoms with E-state index in [9.17, 15) is 9.90 Å². The number of aliphatic hydroxyl groups excluding tert-OH is 1. The number of rotatable bonds is 8. The molecule has 2 unspecified atom stereocenters. The average Bonchev–Trinajstić information content (AvgIpc) is 2.42. The summed E-state index contributed by atoms with van der Waals surface area (Å²) in [4.78, 5) is 10.8. The normalized spacial score (nSPS) is 14.0. The molecule has 0 aromatic heterocycles. The fraction of sp³-hybridized carbons (Fsp3) is 0.562. The molecule has 0 radical (unpaired) electrons. The highest BCUT2D eigenvalue weighted by Gasteiger charge is 2.22. The summed E-state index contributed by atoms with van der Waals surface area (Å²) in [6, 6.07) is 5.37. The lowest BCUT2D eigenvalue weighted by Crippen LogP contribution is -2.39. The van der Waals surface area contributed by atoms with E-state index in [0.29, 0.717) is 6.42 Å². The number of carboxylic acid groups (broad SMARTS) is 1. The number of hydrogen-bond acceptors (Lipinski definition) is 4. The van der Waals surface area contributed by atoms with Crippen molar-refractivity contribution in [2.75, 3.05) is 7.11 Å². The average molecular weight is 295 g/mol. The van der Waals surface area contributed by atoms with Gasteiger partial charge in [-0.15, -0.1) is 0 Å².